The molecule has 34 heavy (non-hydrogen) atoms. The molecular formula is C26H31N5O3. The van der Waals surface area contributed by atoms with Crippen LogP contribution in [-0.4, -0.2) is 62.0 Å². The first kappa shape index (κ1) is 23.6. The van der Waals surface area contributed by atoms with E-state index in [1.54, 1.807) is 7.05 Å². The van der Waals surface area contributed by atoms with Gasteiger partial charge < -0.3 is 24.7 Å². The molecule has 0 radical (unpaired) electrons. The molecule has 4 rings (SSSR count). The lowest BCUT2D eigenvalue weighted by Crippen LogP contribution is -2.37. The van der Waals surface area contributed by atoms with Crippen LogP contribution in [0.15, 0.2) is 42.5 Å². The maximum absolute atomic E-state index is 11.6. The topological polar surface area (TPSA) is 91.5 Å². The molecule has 178 valence electrons. The van der Waals surface area contributed by atoms with Crippen LogP contribution >= 0.6 is 0 Å². The molecule has 1 aliphatic rings. The number of morpholine rings is 1. The van der Waals surface area contributed by atoms with Crippen LogP contribution in [0.25, 0.3) is 22.2 Å². The van der Waals surface area contributed by atoms with Gasteiger partial charge in [-0.15, -0.1) is 0 Å². The van der Waals surface area contributed by atoms with Gasteiger partial charge in [0.25, 0.3) is 0 Å². The maximum atomic E-state index is 11.6. The van der Waals surface area contributed by atoms with E-state index in [-0.39, 0.29) is 6.03 Å². The van der Waals surface area contributed by atoms with E-state index in [2.05, 4.69) is 33.1 Å². The summed E-state index contributed by atoms with van der Waals surface area (Å²) in [5, 5.41) is 16.2. The molecule has 1 fully saturated rings. The number of hydrogen-bond acceptors (Lipinski definition) is 5. The lowest BCUT2D eigenvalue weighted by molar-refractivity contribution is 0.0358. The fourth-order valence-corrected chi connectivity index (χ4v) is 4.37. The van der Waals surface area contributed by atoms with Gasteiger partial charge >= 0.3 is 6.03 Å². The largest absolute Gasteiger partial charge is 0.493 e. The highest BCUT2D eigenvalue weighted by atomic mass is 16.5. The Balaban J connectivity index is 1.54. The van der Waals surface area contributed by atoms with Crippen molar-refractivity contribution in [2.24, 2.45) is 0 Å². The molecule has 2 aromatic carbocycles. The predicted octanol–water partition coefficient (Wildman–Crippen LogP) is 4.05. The molecule has 0 atom stereocenters. The summed E-state index contributed by atoms with van der Waals surface area (Å²) in [6.07, 6.45) is 0.956. The molecule has 0 unspecified atom stereocenters. The second-order valence-corrected chi connectivity index (χ2v) is 8.20. The predicted molar refractivity (Wildman–Crippen MR) is 133 cm³/mol. The third-order valence-corrected chi connectivity index (χ3v) is 6.10. The van der Waals surface area contributed by atoms with Gasteiger partial charge in [0.1, 0.15) is 11.8 Å². The molecule has 2 amide bonds. The smallest absolute Gasteiger partial charge is 0.318 e. The second-order valence-electron chi connectivity index (χ2n) is 8.20. The first-order chi connectivity index (χ1) is 16.6. The zero-order valence-corrected chi connectivity index (χ0v) is 19.8. The molecule has 2 N–H and O–H groups in total. The lowest BCUT2D eigenvalue weighted by Gasteiger charge is -2.26. The van der Waals surface area contributed by atoms with Crippen LogP contribution in [0.1, 0.15) is 18.9 Å². The van der Waals surface area contributed by atoms with Gasteiger partial charge in [-0.25, -0.2) is 4.79 Å². The third kappa shape index (κ3) is 5.16. The summed E-state index contributed by atoms with van der Waals surface area (Å²) in [6.45, 7) is 8.02. The SMILES string of the molecule is CCn1c(-c2ccc(NC(=O)NC)cc2)c(C#N)c2ccc(OCCCN3CCOCC3)cc21. The first-order valence-corrected chi connectivity index (χ1v) is 11.7. The Kier molecular flexibility index (Phi) is 7.68. The molecule has 0 aliphatic carbocycles. The van der Waals surface area contributed by atoms with E-state index in [1.165, 1.54) is 0 Å². The number of nitrogens with one attached hydrogen (secondary N) is 2. The number of carbonyl (C=O) groups excluding carboxylic acids is 1. The number of carbonyl (C=O) groups is 1. The summed E-state index contributed by atoms with van der Waals surface area (Å²) in [5.74, 6) is 0.808. The van der Waals surface area contributed by atoms with Gasteiger partial charge in [-0.1, -0.05) is 12.1 Å². The van der Waals surface area contributed by atoms with Crippen LogP contribution in [0.4, 0.5) is 10.5 Å². The zero-order chi connectivity index (χ0) is 23.9. The van der Waals surface area contributed by atoms with Gasteiger partial charge in [0.2, 0.25) is 0 Å². The van der Waals surface area contributed by atoms with Crippen LogP contribution in [0.2, 0.25) is 0 Å². The molecule has 1 aromatic heterocycles. The highest BCUT2D eigenvalue weighted by molar-refractivity contribution is 5.95. The average molecular weight is 462 g/mol. The molecule has 1 saturated heterocycles. The normalized spacial score (nSPS) is 14.0. The number of anilines is 1. The van der Waals surface area contributed by atoms with E-state index >= 15 is 0 Å². The number of urea groups is 1. The third-order valence-electron chi connectivity index (χ3n) is 6.10. The van der Waals surface area contributed by atoms with Crippen LogP contribution in [0.3, 0.4) is 0 Å². The van der Waals surface area contributed by atoms with Crippen LogP contribution in [-0.2, 0) is 11.3 Å². The van der Waals surface area contributed by atoms with Gasteiger partial charge in [0.15, 0.2) is 0 Å². The van der Waals surface area contributed by atoms with Gasteiger partial charge in [0.05, 0.1) is 36.6 Å². The Morgan fingerprint density at radius 2 is 1.94 bits per heavy atom. The molecule has 8 heteroatoms. The van der Waals surface area contributed by atoms with E-state index in [1.807, 2.05) is 42.5 Å². The van der Waals surface area contributed by atoms with Crippen molar-refractivity contribution in [2.45, 2.75) is 19.9 Å². The summed E-state index contributed by atoms with van der Waals surface area (Å²) < 4.78 is 13.6. The van der Waals surface area contributed by atoms with Gasteiger partial charge in [-0.3, -0.25) is 4.90 Å². The van der Waals surface area contributed by atoms with Gasteiger partial charge in [0, 0.05) is 50.4 Å². The Morgan fingerprint density at radius 3 is 2.62 bits per heavy atom. The fourth-order valence-electron chi connectivity index (χ4n) is 4.37. The van der Waals surface area contributed by atoms with Crippen molar-refractivity contribution in [3.05, 3.63) is 48.0 Å². The van der Waals surface area contributed by atoms with E-state index in [9.17, 15) is 10.1 Å². The Hall–Kier alpha value is -3.54. The number of nitrogens with zero attached hydrogens (tertiary/aromatic N) is 3. The number of hydrogen-bond donors (Lipinski definition) is 2. The minimum atomic E-state index is -0.273. The number of aryl methyl sites for hydroxylation is 1. The summed E-state index contributed by atoms with van der Waals surface area (Å²) in [7, 11) is 1.57. The molecule has 2 heterocycles. The number of rotatable bonds is 8. The number of amides is 2. The Bertz CT molecular complexity index is 1170. The molecule has 0 spiro atoms. The van der Waals surface area contributed by atoms with Crippen LogP contribution in [0.5, 0.6) is 5.75 Å². The fraction of sp³-hybridized carbons (Fsp3) is 0.385. The van der Waals surface area contributed by atoms with Crippen molar-refractivity contribution in [3.63, 3.8) is 0 Å². The molecule has 0 saturated carbocycles. The molecule has 0 bridgehead atoms. The number of ether oxygens (including phenoxy) is 2. The number of aromatic nitrogens is 1. The van der Waals surface area contributed by atoms with Gasteiger partial charge in [-0.2, -0.15) is 5.26 Å². The average Bonchev–Trinajstić information content (AvgIpc) is 3.20. The monoisotopic (exact) mass is 461 g/mol. The standard InChI is InChI=1S/C26H31N5O3/c1-3-31-24-17-21(34-14-4-11-30-12-15-33-16-13-30)9-10-22(24)23(18-27)25(31)19-5-7-20(8-6-19)29-26(32)28-2/h5-10,17H,3-4,11-16H2,1-2H3,(H2,28,29,32). The van der Waals surface area contributed by atoms with E-state index in [0.717, 1.165) is 67.2 Å². The van der Waals surface area contributed by atoms with Crippen molar-refractivity contribution in [2.75, 3.05) is 51.8 Å². The van der Waals surface area contributed by atoms with Crippen LogP contribution in [0, 0.1) is 11.3 Å². The quantitative estimate of drug-likeness (QED) is 0.494. The summed E-state index contributed by atoms with van der Waals surface area (Å²) in [4.78, 5) is 14.0. The maximum Gasteiger partial charge on any atom is 0.318 e. The van der Waals surface area contributed by atoms with E-state index in [4.69, 9.17) is 9.47 Å². The number of nitriles is 1. The minimum Gasteiger partial charge on any atom is -0.493 e. The molecule has 8 nitrogen and oxygen atoms in total. The first-order valence-electron chi connectivity index (χ1n) is 11.7. The Morgan fingerprint density at radius 1 is 1.18 bits per heavy atom. The lowest BCUT2D eigenvalue weighted by atomic mass is 10.1. The molecule has 3 aromatic rings. The molecular weight excluding hydrogens is 430 g/mol. The highest BCUT2D eigenvalue weighted by Gasteiger charge is 2.19. The number of fused-ring (bicyclic) bond motifs is 1. The van der Waals surface area contributed by atoms with Gasteiger partial charge in [-0.05, 0) is 43.2 Å². The van der Waals surface area contributed by atoms with E-state index in [0.29, 0.717) is 24.4 Å². The minimum absolute atomic E-state index is 0.273. The summed E-state index contributed by atoms with van der Waals surface area (Å²) in [5.41, 5.74) is 4.10. The second kappa shape index (κ2) is 11.1. The zero-order valence-electron chi connectivity index (χ0n) is 19.8. The van der Waals surface area contributed by atoms with Crippen molar-refractivity contribution < 1.29 is 14.3 Å². The molecule has 1 aliphatic heterocycles. The summed E-state index contributed by atoms with van der Waals surface area (Å²) in [6, 6.07) is 15.6. The Labute approximate surface area is 200 Å². The van der Waals surface area contributed by atoms with Crippen molar-refractivity contribution in [3.8, 4) is 23.1 Å². The van der Waals surface area contributed by atoms with Crippen molar-refractivity contribution >= 4 is 22.6 Å². The summed E-state index contributed by atoms with van der Waals surface area (Å²) >= 11 is 0. The van der Waals surface area contributed by atoms with Crippen molar-refractivity contribution in [1.29, 1.82) is 5.26 Å². The van der Waals surface area contributed by atoms with Crippen molar-refractivity contribution in [1.82, 2.24) is 14.8 Å². The number of benzene rings is 2. The highest BCUT2D eigenvalue weighted by Crippen LogP contribution is 2.35. The van der Waals surface area contributed by atoms with E-state index < -0.39 is 0 Å². The van der Waals surface area contributed by atoms with Crippen LogP contribution < -0.4 is 15.4 Å².